The highest BCUT2D eigenvalue weighted by molar-refractivity contribution is 5.93. The largest absolute Gasteiger partial charge is 0.317 e. The van der Waals surface area contributed by atoms with Crippen molar-refractivity contribution in [2.24, 2.45) is 0 Å². The summed E-state index contributed by atoms with van der Waals surface area (Å²) >= 11 is 0. The minimum absolute atomic E-state index is 0.0956. The first kappa shape index (κ1) is 10.3. The molecule has 0 bridgehead atoms. The Bertz CT molecular complexity index is 356. The lowest BCUT2D eigenvalue weighted by atomic mass is 9.90. The first-order valence-corrected chi connectivity index (χ1v) is 5.44. The van der Waals surface area contributed by atoms with Crippen molar-refractivity contribution in [2.75, 3.05) is 13.1 Å². The minimum Gasteiger partial charge on any atom is -0.317 e. The van der Waals surface area contributed by atoms with Gasteiger partial charge in [-0.1, -0.05) is 0 Å². The van der Waals surface area contributed by atoms with Gasteiger partial charge in [-0.25, -0.2) is 0 Å². The van der Waals surface area contributed by atoms with E-state index >= 15 is 0 Å². The first-order chi connectivity index (χ1) is 7.27. The van der Waals surface area contributed by atoms with Crippen molar-refractivity contribution in [2.45, 2.75) is 25.7 Å². The third-order valence-electron chi connectivity index (χ3n) is 2.98. The van der Waals surface area contributed by atoms with Gasteiger partial charge < -0.3 is 5.32 Å². The SMILES string of the molecule is CC(=O)c1cncc(C2CCNCC2)c1. The van der Waals surface area contributed by atoms with Gasteiger partial charge in [0.1, 0.15) is 0 Å². The van der Waals surface area contributed by atoms with Crippen LogP contribution in [0.2, 0.25) is 0 Å². The fourth-order valence-electron chi connectivity index (χ4n) is 2.03. The van der Waals surface area contributed by atoms with Crippen molar-refractivity contribution in [3.8, 4) is 0 Å². The maximum Gasteiger partial charge on any atom is 0.161 e. The lowest BCUT2D eigenvalue weighted by molar-refractivity contribution is 0.101. The number of hydrogen-bond donors (Lipinski definition) is 1. The molecule has 1 fully saturated rings. The van der Waals surface area contributed by atoms with Crippen LogP contribution >= 0.6 is 0 Å². The zero-order valence-electron chi connectivity index (χ0n) is 8.99. The number of aromatic nitrogens is 1. The fraction of sp³-hybridized carbons (Fsp3) is 0.500. The van der Waals surface area contributed by atoms with E-state index in [4.69, 9.17) is 0 Å². The summed E-state index contributed by atoms with van der Waals surface area (Å²) in [6.07, 6.45) is 5.82. The van der Waals surface area contributed by atoms with E-state index in [2.05, 4.69) is 10.3 Å². The van der Waals surface area contributed by atoms with Crippen LogP contribution in [0.3, 0.4) is 0 Å². The number of ketones is 1. The lowest BCUT2D eigenvalue weighted by Crippen LogP contribution is -2.26. The molecule has 0 saturated carbocycles. The van der Waals surface area contributed by atoms with Gasteiger partial charge in [0.15, 0.2) is 5.78 Å². The highest BCUT2D eigenvalue weighted by atomic mass is 16.1. The maximum atomic E-state index is 11.2. The average molecular weight is 204 g/mol. The molecule has 2 heterocycles. The van der Waals surface area contributed by atoms with Crippen molar-refractivity contribution < 1.29 is 4.79 Å². The Morgan fingerprint density at radius 2 is 2.13 bits per heavy atom. The smallest absolute Gasteiger partial charge is 0.161 e. The van der Waals surface area contributed by atoms with E-state index in [0.717, 1.165) is 31.5 Å². The zero-order valence-corrected chi connectivity index (χ0v) is 8.99. The predicted molar refractivity (Wildman–Crippen MR) is 59.1 cm³/mol. The summed E-state index contributed by atoms with van der Waals surface area (Å²) in [6, 6.07) is 1.99. The van der Waals surface area contributed by atoms with Gasteiger partial charge >= 0.3 is 0 Å². The summed E-state index contributed by atoms with van der Waals surface area (Å²) in [5.74, 6) is 0.663. The van der Waals surface area contributed by atoms with Crippen LogP contribution in [-0.4, -0.2) is 23.9 Å². The number of nitrogens with one attached hydrogen (secondary N) is 1. The van der Waals surface area contributed by atoms with Gasteiger partial charge in [0.05, 0.1) is 0 Å². The Labute approximate surface area is 89.9 Å². The van der Waals surface area contributed by atoms with Crippen LogP contribution in [0.4, 0.5) is 0 Å². The number of hydrogen-bond acceptors (Lipinski definition) is 3. The molecule has 0 atom stereocenters. The Hall–Kier alpha value is -1.22. The van der Waals surface area contributed by atoms with E-state index in [1.165, 1.54) is 5.56 Å². The Balaban J connectivity index is 2.19. The molecule has 1 N–H and O–H groups in total. The molecule has 0 radical (unpaired) electrons. The van der Waals surface area contributed by atoms with E-state index in [1.54, 1.807) is 13.1 Å². The van der Waals surface area contributed by atoms with E-state index in [9.17, 15) is 4.79 Å². The molecule has 2 rings (SSSR count). The summed E-state index contributed by atoms with van der Waals surface area (Å²) in [6.45, 7) is 3.72. The fourth-order valence-corrected chi connectivity index (χ4v) is 2.03. The maximum absolute atomic E-state index is 11.2. The molecule has 3 heteroatoms. The lowest BCUT2D eigenvalue weighted by Gasteiger charge is -2.22. The van der Waals surface area contributed by atoms with Gasteiger partial charge in [-0.3, -0.25) is 9.78 Å². The number of carbonyl (C=O) groups excluding carboxylic acids is 1. The van der Waals surface area contributed by atoms with E-state index in [0.29, 0.717) is 5.92 Å². The number of nitrogens with zero attached hydrogens (tertiary/aromatic N) is 1. The van der Waals surface area contributed by atoms with Crippen LogP contribution in [-0.2, 0) is 0 Å². The summed E-state index contributed by atoms with van der Waals surface area (Å²) < 4.78 is 0. The topological polar surface area (TPSA) is 42.0 Å². The zero-order chi connectivity index (χ0) is 10.7. The molecule has 0 aliphatic carbocycles. The van der Waals surface area contributed by atoms with Crippen LogP contribution in [0.1, 0.15) is 41.6 Å². The second-order valence-electron chi connectivity index (χ2n) is 4.09. The molecule has 3 nitrogen and oxygen atoms in total. The third kappa shape index (κ3) is 2.42. The van der Waals surface area contributed by atoms with Gasteiger partial charge in [-0.05, 0) is 50.4 Å². The molecule has 0 spiro atoms. The van der Waals surface area contributed by atoms with Gasteiger partial charge in [0.2, 0.25) is 0 Å². The molecule has 15 heavy (non-hydrogen) atoms. The highest BCUT2D eigenvalue weighted by Crippen LogP contribution is 2.24. The van der Waals surface area contributed by atoms with Crippen LogP contribution in [0.5, 0.6) is 0 Å². The number of rotatable bonds is 2. The standard InChI is InChI=1S/C12H16N2O/c1-9(15)11-6-12(8-14-7-11)10-2-4-13-5-3-10/h6-8,10,13H,2-5H2,1H3. The molecule has 1 aliphatic heterocycles. The highest BCUT2D eigenvalue weighted by Gasteiger charge is 2.16. The number of pyridine rings is 1. The number of piperidine rings is 1. The summed E-state index contributed by atoms with van der Waals surface area (Å²) in [5, 5.41) is 3.33. The number of carbonyl (C=O) groups is 1. The molecule has 1 aromatic rings. The summed E-state index contributed by atoms with van der Waals surface area (Å²) in [7, 11) is 0. The van der Waals surface area contributed by atoms with Crippen molar-refractivity contribution in [1.82, 2.24) is 10.3 Å². The predicted octanol–water partition coefficient (Wildman–Crippen LogP) is 1.75. The molecule has 0 amide bonds. The monoisotopic (exact) mass is 204 g/mol. The van der Waals surface area contributed by atoms with Gasteiger partial charge in [-0.15, -0.1) is 0 Å². The molecule has 1 aliphatic rings. The normalized spacial score (nSPS) is 17.7. The summed E-state index contributed by atoms with van der Waals surface area (Å²) in [4.78, 5) is 15.4. The van der Waals surface area contributed by atoms with E-state index in [1.807, 2.05) is 12.3 Å². The van der Waals surface area contributed by atoms with Crippen LogP contribution in [0, 0.1) is 0 Å². The van der Waals surface area contributed by atoms with Crippen LogP contribution in [0.15, 0.2) is 18.5 Å². The second kappa shape index (κ2) is 4.53. The van der Waals surface area contributed by atoms with Crippen LogP contribution in [0.25, 0.3) is 0 Å². The van der Waals surface area contributed by atoms with E-state index < -0.39 is 0 Å². The van der Waals surface area contributed by atoms with Crippen molar-refractivity contribution in [3.63, 3.8) is 0 Å². The Morgan fingerprint density at radius 1 is 1.40 bits per heavy atom. The van der Waals surface area contributed by atoms with Gasteiger partial charge in [0.25, 0.3) is 0 Å². The van der Waals surface area contributed by atoms with Crippen molar-refractivity contribution in [3.05, 3.63) is 29.6 Å². The molecule has 0 unspecified atom stereocenters. The molecule has 0 aromatic carbocycles. The number of Topliss-reactive ketones (excluding diaryl/α,β-unsaturated/α-hetero) is 1. The Morgan fingerprint density at radius 3 is 2.80 bits per heavy atom. The molecule has 1 aromatic heterocycles. The second-order valence-corrected chi connectivity index (χ2v) is 4.09. The first-order valence-electron chi connectivity index (χ1n) is 5.44. The molecule has 1 saturated heterocycles. The molecular weight excluding hydrogens is 188 g/mol. The average Bonchev–Trinajstić information content (AvgIpc) is 2.30. The van der Waals surface area contributed by atoms with Crippen molar-refractivity contribution >= 4 is 5.78 Å². The van der Waals surface area contributed by atoms with Gasteiger partial charge in [0, 0.05) is 18.0 Å². The molecule has 80 valence electrons. The Kier molecular flexibility index (Phi) is 3.11. The van der Waals surface area contributed by atoms with Gasteiger partial charge in [-0.2, -0.15) is 0 Å². The quantitative estimate of drug-likeness (QED) is 0.746. The van der Waals surface area contributed by atoms with Crippen LogP contribution < -0.4 is 5.32 Å². The minimum atomic E-state index is 0.0956. The molecular formula is C12H16N2O. The van der Waals surface area contributed by atoms with E-state index in [-0.39, 0.29) is 5.78 Å². The van der Waals surface area contributed by atoms with Crippen molar-refractivity contribution in [1.29, 1.82) is 0 Å². The summed E-state index contributed by atoms with van der Waals surface area (Å²) in [5.41, 5.74) is 1.94. The third-order valence-corrected chi connectivity index (χ3v) is 2.98.